The summed E-state index contributed by atoms with van der Waals surface area (Å²) in [5, 5.41) is 15.3. The second-order valence-electron chi connectivity index (χ2n) is 5.29. The van der Waals surface area contributed by atoms with Gasteiger partial charge in [-0.25, -0.2) is 0 Å². The summed E-state index contributed by atoms with van der Waals surface area (Å²) in [5.74, 6) is 1.15. The molecule has 1 amide bonds. The highest BCUT2D eigenvalue weighted by molar-refractivity contribution is 6.03. The van der Waals surface area contributed by atoms with Crippen LogP contribution in [0.1, 0.15) is 16.1 Å². The van der Waals surface area contributed by atoms with Gasteiger partial charge in [-0.2, -0.15) is 5.26 Å². The number of nitrogens with zero attached hydrogens (tertiary/aromatic N) is 2. The Labute approximate surface area is 149 Å². The summed E-state index contributed by atoms with van der Waals surface area (Å²) >= 11 is 0. The maximum Gasteiger partial charge on any atom is 0.277 e. The number of nitrogens with one attached hydrogen (secondary N) is 1. The van der Waals surface area contributed by atoms with Gasteiger partial charge in [0.2, 0.25) is 0 Å². The molecule has 0 atom stereocenters. The molecule has 1 aromatic heterocycles. The number of anilines is 1. The SMILES string of the molecule is COc1ccc(-c2cc(C(=O)Nc3ccc(C#N)cc3)no2)cc1OC. The molecule has 1 N–H and O–H groups in total. The molecule has 2 aromatic carbocycles. The van der Waals surface area contributed by atoms with Gasteiger partial charge in [-0.3, -0.25) is 4.79 Å². The third kappa shape index (κ3) is 3.49. The number of benzene rings is 2. The third-order valence-electron chi connectivity index (χ3n) is 3.68. The lowest BCUT2D eigenvalue weighted by molar-refractivity contribution is 0.101. The number of nitriles is 1. The van der Waals surface area contributed by atoms with E-state index in [1.54, 1.807) is 62.8 Å². The average Bonchev–Trinajstić information content (AvgIpc) is 3.18. The van der Waals surface area contributed by atoms with Crippen molar-refractivity contribution >= 4 is 11.6 Å². The van der Waals surface area contributed by atoms with E-state index in [9.17, 15) is 4.79 Å². The smallest absolute Gasteiger partial charge is 0.277 e. The Morgan fingerprint density at radius 1 is 1.08 bits per heavy atom. The summed E-state index contributed by atoms with van der Waals surface area (Å²) < 4.78 is 15.7. The van der Waals surface area contributed by atoms with Crippen molar-refractivity contribution in [3.8, 4) is 28.9 Å². The Bertz CT molecular complexity index is 971. The summed E-state index contributed by atoms with van der Waals surface area (Å²) in [7, 11) is 3.09. The molecule has 7 heteroatoms. The van der Waals surface area contributed by atoms with Gasteiger partial charge >= 0.3 is 0 Å². The van der Waals surface area contributed by atoms with E-state index in [-0.39, 0.29) is 5.69 Å². The van der Waals surface area contributed by atoms with E-state index in [1.807, 2.05) is 6.07 Å². The Morgan fingerprint density at radius 2 is 1.81 bits per heavy atom. The molecule has 0 aliphatic rings. The molecule has 0 saturated heterocycles. The third-order valence-corrected chi connectivity index (χ3v) is 3.68. The molecule has 0 radical (unpaired) electrons. The van der Waals surface area contributed by atoms with E-state index in [2.05, 4.69) is 10.5 Å². The molecule has 0 aliphatic heterocycles. The quantitative estimate of drug-likeness (QED) is 0.757. The summed E-state index contributed by atoms with van der Waals surface area (Å²) in [5.41, 5.74) is 1.91. The van der Waals surface area contributed by atoms with Crippen LogP contribution in [0.2, 0.25) is 0 Å². The number of hydrogen-bond acceptors (Lipinski definition) is 6. The van der Waals surface area contributed by atoms with Gasteiger partial charge in [-0.15, -0.1) is 0 Å². The Balaban J connectivity index is 1.78. The Kier molecular flexibility index (Phi) is 4.85. The lowest BCUT2D eigenvalue weighted by Crippen LogP contribution is -2.12. The number of carbonyl (C=O) groups excluding carboxylic acids is 1. The molecule has 0 saturated carbocycles. The van der Waals surface area contributed by atoms with Crippen LogP contribution in [0.25, 0.3) is 11.3 Å². The minimum atomic E-state index is -0.412. The molecule has 0 aliphatic carbocycles. The van der Waals surface area contributed by atoms with E-state index >= 15 is 0 Å². The van der Waals surface area contributed by atoms with Crippen LogP contribution in [-0.4, -0.2) is 25.3 Å². The normalized spacial score (nSPS) is 10.0. The fourth-order valence-corrected chi connectivity index (χ4v) is 2.33. The van der Waals surface area contributed by atoms with Crippen LogP contribution in [-0.2, 0) is 0 Å². The van der Waals surface area contributed by atoms with Crippen LogP contribution in [0.5, 0.6) is 11.5 Å². The molecule has 0 spiro atoms. The van der Waals surface area contributed by atoms with Gasteiger partial charge in [0, 0.05) is 17.3 Å². The predicted molar refractivity (Wildman–Crippen MR) is 94.2 cm³/mol. The van der Waals surface area contributed by atoms with Crippen LogP contribution < -0.4 is 14.8 Å². The number of aromatic nitrogens is 1. The van der Waals surface area contributed by atoms with Gasteiger partial charge in [0.25, 0.3) is 5.91 Å². The van der Waals surface area contributed by atoms with Crippen LogP contribution in [0.15, 0.2) is 53.1 Å². The van der Waals surface area contributed by atoms with Crippen LogP contribution in [0, 0.1) is 11.3 Å². The molecule has 0 fully saturated rings. The standard InChI is InChI=1S/C19H15N3O4/c1-24-16-8-5-13(9-18(16)25-2)17-10-15(22-26-17)19(23)21-14-6-3-12(11-20)4-7-14/h3-10H,1-2H3,(H,21,23). The van der Waals surface area contributed by atoms with Crippen molar-refractivity contribution in [2.75, 3.05) is 19.5 Å². The fraction of sp³-hybridized carbons (Fsp3) is 0.105. The highest BCUT2D eigenvalue weighted by Gasteiger charge is 2.15. The first kappa shape index (κ1) is 17.0. The Hall–Kier alpha value is -3.79. The van der Waals surface area contributed by atoms with Gasteiger partial charge in [-0.05, 0) is 42.5 Å². The minimum absolute atomic E-state index is 0.138. The van der Waals surface area contributed by atoms with Crippen molar-refractivity contribution in [2.24, 2.45) is 0 Å². The zero-order valence-corrected chi connectivity index (χ0v) is 14.1. The molecule has 130 valence electrons. The average molecular weight is 349 g/mol. The highest BCUT2D eigenvalue weighted by Crippen LogP contribution is 2.32. The zero-order chi connectivity index (χ0) is 18.5. The van der Waals surface area contributed by atoms with Crippen molar-refractivity contribution in [1.29, 1.82) is 5.26 Å². The summed E-state index contributed by atoms with van der Waals surface area (Å²) in [4.78, 5) is 12.3. The lowest BCUT2D eigenvalue weighted by Gasteiger charge is -2.07. The first-order valence-corrected chi connectivity index (χ1v) is 7.65. The zero-order valence-electron chi connectivity index (χ0n) is 14.1. The molecular weight excluding hydrogens is 334 g/mol. The number of ether oxygens (including phenoxy) is 2. The van der Waals surface area contributed by atoms with E-state index in [0.717, 1.165) is 0 Å². The monoisotopic (exact) mass is 349 g/mol. The molecule has 26 heavy (non-hydrogen) atoms. The van der Waals surface area contributed by atoms with Gasteiger partial charge in [0.15, 0.2) is 23.0 Å². The van der Waals surface area contributed by atoms with Gasteiger partial charge in [0.05, 0.1) is 25.9 Å². The molecule has 0 unspecified atom stereocenters. The number of rotatable bonds is 5. The largest absolute Gasteiger partial charge is 0.493 e. The lowest BCUT2D eigenvalue weighted by atomic mass is 10.1. The second-order valence-corrected chi connectivity index (χ2v) is 5.29. The van der Waals surface area contributed by atoms with E-state index < -0.39 is 5.91 Å². The number of hydrogen-bond donors (Lipinski definition) is 1. The Morgan fingerprint density at radius 3 is 2.46 bits per heavy atom. The van der Waals surface area contributed by atoms with Crippen molar-refractivity contribution in [1.82, 2.24) is 5.16 Å². The molecule has 7 nitrogen and oxygen atoms in total. The van der Waals surface area contributed by atoms with E-state index in [4.69, 9.17) is 19.3 Å². The first-order chi connectivity index (χ1) is 12.6. The van der Waals surface area contributed by atoms with Crippen molar-refractivity contribution < 1.29 is 18.8 Å². The van der Waals surface area contributed by atoms with Gasteiger partial charge < -0.3 is 19.3 Å². The van der Waals surface area contributed by atoms with Gasteiger partial charge in [-0.1, -0.05) is 5.16 Å². The van der Waals surface area contributed by atoms with Crippen molar-refractivity contribution in [2.45, 2.75) is 0 Å². The number of carbonyl (C=O) groups is 1. The predicted octanol–water partition coefficient (Wildman–Crippen LogP) is 3.48. The van der Waals surface area contributed by atoms with Crippen molar-refractivity contribution in [3.63, 3.8) is 0 Å². The topological polar surface area (TPSA) is 97.4 Å². The molecule has 3 aromatic rings. The van der Waals surface area contributed by atoms with Crippen LogP contribution in [0.4, 0.5) is 5.69 Å². The maximum absolute atomic E-state index is 12.3. The number of methoxy groups -OCH3 is 2. The fourth-order valence-electron chi connectivity index (χ4n) is 2.33. The van der Waals surface area contributed by atoms with Crippen LogP contribution >= 0.6 is 0 Å². The van der Waals surface area contributed by atoms with Gasteiger partial charge in [0.1, 0.15) is 0 Å². The second kappa shape index (κ2) is 7.40. The van der Waals surface area contributed by atoms with Crippen molar-refractivity contribution in [3.05, 3.63) is 59.8 Å². The minimum Gasteiger partial charge on any atom is -0.493 e. The van der Waals surface area contributed by atoms with E-state index in [0.29, 0.717) is 34.1 Å². The molecule has 3 rings (SSSR count). The molecule has 0 bridgehead atoms. The highest BCUT2D eigenvalue weighted by atomic mass is 16.5. The summed E-state index contributed by atoms with van der Waals surface area (Å²) in [6.45, 7) is 0. The maximum atomic E-state index is 12.3. The molecular formula is C19H15N3O4. The summed E-state index contributed by atoms with van der Waals surface area (Å²) in [6.07, 6.45) is 0. The first-order valence-electron chi connectivity index (χ1n) is 7.65. The van der Waals surface area contributed by atoms with Crippen LogP contribution in [0.3, 0.4) is 0 Å². The summed E-state index contributed by atoms with van der Waals surface area (Å²) in [6, 6.07) is 15.4. The molecule has 1 heterocycles. The number of amides is 1. The van der Waals surface area contributed by atoms with E-state index in [1.165, 1.54) is 0 Å².